The van der Waals surface area contributed by atoms with E-state index in [0.717, 1.165) is 16.7 Å². The Morgan fingerprint density at radius 1 is 1.20 bits per heavy atom. The molecule has 0 saturated heterocycles. The Kier molecular flexibility index (Phi) is 6.31. The lowest BCUT2D eigenvalue weighted by atomic mass is 9.87. The van der Waals surface area contributed by atoms with Gasteiger partial charge in [-0.25, -0.2) is 0 Å². The van der Waals surface area contributed by atoms with Gasteiger partial charge in [-0.2, -0.15) is 0 Å². The minimum atomic E-state index is -0.397. The molecule has 0 saturated carbocycles. The van der Waals surface area contributed by atoms with Crippen LogP contribution in [0.15, 0.2) is 47.0 Å². The molecule has 1 aromatic heterocycles. The second-order valence-corrected chi connectivity index (χ2v) is 8.59. The third-order valence-electron chi connectivity index (χ3n) is 6.21. The Hall–Kier alpha value is -4.01. The van der Waals surface area contributed by atoms with Gasteiger partial charge in [-0.3, -0.25) is 9.59 Å². The van der Waals surface area contributed by atoms with E-state index in [-0.39, 0.29) is 24.1 Å². The maximum Gasteiger partial charge on any atom is 0.276 e. The summed E-state index contributed by atoms with van der Waals surface area (Å²) in [5.41, 5.74) is 3.12. The van der Waals surface area contributed by atoms with Crippen molar-refractivity contribution in [2.45, 2.75) is 25.8 Å². The minimum Gasteiger partial charge on any atom is -0.494 e. The first kappa shape index (κ1) is 22.8. The third kappa shape index (κ3) is 4.66. The van der Waals surface area contributed by atoms with Crippen molar-refractivity contribution in [3.05, 3.63) is 70.6 Å². The summed E-state index contributed by atoms with van der Waals surface area (Å²) in [7, 11) is 1.56. The molecule has 0 radical (unpaired) electrons. The second-order valence-electron chi connectivity index (χ2n) is 8.59. The predicted octanol–water partition coefficient (Wildman–Crippen LogP) is 3.06. The molecule has 1 unspecified atom stereocenters. The van der Waals surface area contributed by atoms with E-state index in [1.54, 1.807) is 25.0 Å². The molecule has 6 rings (SSSR count). The number of benzene rings is 2. The molecule has 3 aromatic rings. The first-order valence-electron chi connectivity index (χ1n) is 11.6. The molecule has 6 bridgehead atoms. The number of rotatable bonds is 2. The zero-order valence-electron chi connectivity index (χ0n) is 19.7. The smallest absolute Gasteiger partial charge is 0.276 e. The molecule has 0 spiro atoms. The number of methoxy groups -OCH3 is 1. The van der Waals surface area contributed by atoms with E-state index in [1.807, 2.05) is 36.4 Å². The van der Waals surface area contributed by atoms with Crippen LogP contribution in [0.3, 0.4) is 0 Å². The Balaban J connectivity index is 1.63. The largest absolute Gasteiger partial charge is 0.494 e. The Labute approximate surface area is 202 Å². The molecule has 35 heavy (non-hydrogen) atoms. The highest BCUT2D eigenvalue weighted by Gasteiger charge is 2.35. The number of nitrogens with one attached hydrogen (secondary N) is 1. The van der Waals surface area contributed by atoms with Crippen molar-refractivity contribution in [3.63, 3.8) is 0 Å². The fraction of sp³-hybridized carbons (Fsp3) is 0.346. The summed E-state index contributed by atoms with van der Waals surface area (Å²) in [5, 5.41) is 6.79. The number of aromatic nitrogens is 1. The van der Waals surface area contributed by atoms with Crippen LogP contribution in [0.2, 0.25) is 0 Å². The van der Waals surface area contributed by atoms with Crippen LogP contribution in [0, 0.1) is 6.92 Å². The SMILES string of the molecule is COc1cc2c3cc1OCC(=O)NCCCOc1cccc(c1)C2N(C(=O)c1cc(C)on1)CC3. The van der Waals surface area contributed by atoms with Crippen LogP contribution in [-0.4, -0.2) is 55.3 Å². The molecule has 0 fully saturated rings. The van der Waals surface area contributed by atoms with Crippen LogP contribution in [-0.2, 0) is 11.2 Å². The van der Waals surface area contributed by atoms with Gasteiger partial charge in [0.2, 0.25) is 0 Å². The maximum absolute atomic E-state index is 13.5. The number of amides is 2. The van der Waals surface area contributed by atoms with Crippen molar-refractivity contribution in [3.8, 4) is 17.2 Å². The van der Waals surface area contributed by atoms with Gasteiger partial charge >= 0.3 is 0 Å². The van der Waals surface area contributed by atoms with Crippen LogP contribution in [0.5, 0.6) is 17.2 Å². The number of ether oxygens (including phenoxy) is 3. The molecule has 2 amide bonds. The highest BCUT2D eigenvalue weighted by molar-refractivity contribution is 5.93. The van der Waals surface area contributed by atoms with Crippen molar-refractivity contribution in [1.82, 2.24) is 15.4 Å². The molecule has 1 N–H and O–H groups in total. The lowest BCUT2D eigenvalue weighted by molar-refractivity contribution is -0.123. The maximum atomic E-state index is 13.5. The average molecular weight is 478 g/mol. The molecule has 1 atom stereocenters. The quantitative estimate of drug-likeness (QED) is 0.605. The van der Waals surface area contributed by atoms with Crippen molar-refractivity contribution < 1.29 is 28.3 Å². The molecule has 3 aliphatic heterocycles. The van der Waals surface area contributed by atoms with Crippen molar-refractivity contribution in [2.75, 3.05) is 33.4 Å². The van der Waals surface area contributed by atoms with Crippen molar-refractivity contribution >= 4 is 11.8 Å². The van der Waals surface area contributed by atoms with Crippen LogP contribution in [0.25, 0.3) is 0 Å². The van der Waals surface area contributed by atoms with Gasteiger partial charge in [0, 0.05) is 19.2 Å². The molecule has 2 aromatic carbocycles. The zero-order chi connectivity index (χ0) is 24.4. The molecule has 9 heteroatoms. The predicted molar refractivity (Wildman–Crippen MR) is 126 cm³/mol. The number of hydrogen-bond donors (Lipinski definition) is 1. The first-order chi connectivity index (χ1) is 17.0. The normalized spacial score (nSPS) is 17.8. The van der Waals surface area contributed by atoms with Gasteiger partial charge < -0.3 is 29.0 Å². The van der Waals surface area contributed by atoms with Gasteiger partial charge in [-0.05, 0) is 60.7 Å². The van der Waals surface area contributed by atoms with Crippen molar-refractivity contribution in [2.24, 2.45) is 0 Å². The number of aryl methyl sites for hydroxylation is 1. The van der Waals surface area contributed by atoms with E-state index in [0.29, 0.717) is 55.5 Å². The van der Waals surface area contributed by atoms with Crippen LogP contribution in [0.4, 0.5) is 0 Å². The van der Waals surface area contributed by atoms with E-state index >= 15 is 0 Å². The van der Waals surface area contributed by atoms with Gasteiger partial charge in [0.1, 0.15) is 11.5 Å². The molecule has 9 nitrogen and oxygen atoms in total. The van der Waals surface area contributed by atoms with E-state index in [9.17, 15) is 9.59 Å². The standard InChI is InChI=1S/C26H27N3O6/c1-16-11-21(28-35-16)26(31)29-9-7-17-13-23-22(32-2)14-20(17)25(29)18-5-3-6-19(12-18)33-10-4-8-27-24(30)15-34-23/h3,5-6,11-14,25H,4,7-10,15H2,1-2H3,(H,27,30). The van der Waals surface area contributed by atoms with Gasteiger partial charge in [-0.15, -0.1) is 0 Å². The van der Waals surface area contributed by atoms with E-state index < -0.39 is 6.04 Å². The summed E-state index contributed by atoms with van der Waals surface area (Å²) in [6.07, 6.45) is 1.26. The number of carbonyl (C=O) groups is 2. The lowest BCUT2D eigenvalue weighted by Gasteiger charge is -2.38. The summed E-state index contributed by atoms with van der Waals surface area (Å²) in [6.45, 7) is 3.04. The van der Waals surface area contributed by atoms with Crippen molar-refractivity contribution in [1.29, 1.82) is 0 Å². The monoisotopic (exact) mass is 477 g/mol. The van der Waals surface area contributed by atoms with Crippen LogP contribution < -0.4 is 19.5 Å². The fourth-order valence-electron chi connectivity index (χ4n) is 4.55. The molecule has 4 heterocycles. The topological polar surface area (TPSA) is 103 Å². The van der Waals surface area contributed by atoms with Gasteiger partial charge in [-0.1, -0.05) is 17.3 Å². The third-order valence-corrected chi connectivity index (χ3v) is 6.21. The second kappa shape index (κ2) is 9.69. The zero-order valence-corrected chi connectivity index (χ0v) is 19.7. The first-order valence-corrected chi connectivity index (χ1v) is 11.6. The van der Waals surface area contributed by atoms with Crippen LogP contribution in [0.1, 0.15) is 45.4 Å². The Bertz CT molecular complexity index is 1250. The Morgan fingerprint density at radius 3 is 2.89 bits per heavy atom. The number of hydrogen-bond acceptors (Lipinski definition) is 7. The summed E-state index contributed by atoms with van der Waals surface area (Å²) < 4.78 is 22.5. The van der Waals surface area contributed by atoms with Gasteiger partial charge in [0.25, 0.3) is 11.8 Å². The summed E-state index contributed by atoms with van der Waals surface area (Å²) in [5.74, 6) is 1.84. The highest BCUT2D eigenvalue weighted by Crippen LogP contribution is 2.42. The van der Waals surface area contributed by atoms with Gasteiger partial charge in [0.15, 0.2) is 23.8 Å². The lowest BCUT2D eigenvalue weighted by Crippen LogP contribution is -2.41. The average Bonchev–Trinajstić information content (AvgIpc) is 3.31. The molecular weight excluding hydrogens is 450 g/mol. The highest BCUT2D eigenvalue weighted by atomic mass is 16.5. The number of carbonyl (C=O) groups excluding carboxylic acids is 2. The fourth-order valence-corrected chi connectivity index (χ4v) is 4.55. The summed E-state index contributed by atoms with van der Waals surface area (Å²) >= 11 is 0. The molecule has 182 valence electrons. The van der Waals surface area contributed by atoms with Crippen LogP contribution >= 0.6 is 0 Å². The number of nitrogens with zero attached hydrogens (tertiary/aromatic N) is 2. The van der Waals surface area contributed by atoms with Gasteiger partial charge in [0.05, 0.1) is 19.8 Å². The summed E-state index contributed by atoms with van der Waals surface area (Å²) in [4.78, 5) is 27.6. The molecule has 0 aliphatic carbocycles. The summed E-state index contributed by atoms with van der Waals surface area (Å²) in [6, 6.07) is 12.8. The molecule has 3 aliphatic rings. The molecular formula is C26H27N3O6. The number of fused-ring (bicyclic) bond motifs is 8. The van der Waals surface area contributed by atoms with E-state index in [4.69, 9.17) is 18.7 Å². The van der Waals surface area contributed by atoms with E-state index in [2.05, 4.69) is 10.5 Å². The Morgan fingerprint density at radius 2 is 2.09 bits per heavy atom. The van der Waals surface area contributed by atoms with E-state index in [1.165, 1.54) is 0 Å². The minimum absolute atomic E-state index is 0.116.